The van der Waals surface area contributed by atoms with Crippen molar-refractivity contribution in [3.63, 3.8) is 0 Å². The number of fused-ring (bicyclic) bond motifs is 1. The van der Waals surface area contributed by atoms with Crippen molar-refractivity contribution in [1.82, 2.24) is 20.4 Å². The number of phenolic OH excluding ortho intramolecular Hbond substituents is 1. The Labute approximate surface area is 194 Å². The molecular formula is C24H22N4O6. The zero-order valence-corrected chi connectivity index (χ0v) is 18.4. The molecule has 0 radical (unpaired) electrons. The first-order valence-electron chi connectivity index (χ1n) is 10.9. The normalized spacial score (nSPS) is 18.9. The lowest BCUT2D eigenvalue weighted by Crippen LogP contribution is -2.55. The molecule has 0 bridgehead atoms. The summed E-state index contributed by atoms with van der Waals surface area (Å²) in [5, 5.41) is 15.5. The van der Waals surface area contributed by atoms with E-state index in [1.165, 1.54) is 11.0 Å². The third kappa shape index (κ3) is 3.30. The summed E-state index contributed by atoms with van der Waals surface area (Å²) < 4.78 is 0. The van der Waals surface area contributed by atoms with Gasteiger partial charge in [-0.05, 0) is 49.1 Å². The Morgan fingerprint density at radius 1 is 1.03 bits per heavy atom. The minimum Gasteiger partial charge on any atom is -0.507 e. The third-order valence-corrected chi connectivity index (χ3v) is 6.73. The minimum absolute atomic E-state index is 0.0386. The third-order valence-electron chi connectivity index (χ3n) is 6.73. The van der Waals surface area contributed by atoms with Crippen LogP contribution in [0.4, 0.5) is 4.79 Å². The molecule has 1 spiro atoms. The molecule has 0 unspecified atom stereocenters. The number of aryl methyl sites for hydroxylation is 1. The molecule has 174 valence electrons. The summed E-state index contributed by atoms with van der Waals surface area (Å²) in [5.41, 5.74) is 0.688. The number of rotatable bonds is 3. The first-order chi connectivity index (χ1) is 16.2. The topological polar surface area (TPSA) is 136 Å². The number of nitrogens with one attached hydrogen (secondary N) is 2. The monoisotopic (exact) mass is 462 g/mol. The number of amides is 6. The molecule has 3 aliphatic heterocycles. The van der Waals surface area contributed by atoms with Crippen molar-refractivity contribution in [2.24, 2.45) is 0 Å². The molecule has 0 atom stereocenters. The summed E-state index contributed by atoms with van der Waals surface area (Å²) in [5.74, 6) is -1.81. The van der Waals surface area contributed by atoms with Gasteiger partial charge >= 0.3 is 6.03 Å². The maximum atomic E-state index is 13.2. The van der Waals surface area contributed by atoms with E-state index in [4.69, 9.17) is 0 Å². The van der Waals surface area contributed by atoms with Crippen LogP contribution in [0.15, 0.2) is 36.4 Å². The van der Waals surface area contributed by atoms with Crippen molar-refractivity contribution in [2.45, 2.75) is 31.8 Å². The molecule has 10 heteroatoms. The van der Waals surface area contributed by atoms with Gasteiger partial charge in [-0.1, -0.05) is 18.2 Å². The second kappa shape index (κ2) is 7.68. The van der Waals surface area contributed by atoms with Crippen LogP contribution in [0, 0.1) is 6.92 Å². The van der Waals surface area contributed by atoms with Gasteiger partial charge in [0, 0.05) is 13.1 Å². The Morgan fingerprint density at radius 3 is 2.21 bits per heavy atom. The second-order valence-corrected chi connectivity index (χ2v) is 8.83. The van der Waals surface area contributed by atoms with Gasteiger partial charge in [-0.2, -0.15) is 0 Å². The van der Waals surface area contributed by atoms with E-state index in [0.717, 1.165) is 4.90 Å². The van der Waals surface area contributed by atoms with Gasteiger partial charge in [0.1, 0.15) is 11.3 Å². The molecule has 6 amide bonds. The van der Waals surface area contributed by atoms with Gasteiger partial charge in [-0.3, -0.25) is 29.4 Å². The van der Waals surface area contributed by atoms with E-state index in [-0.39, 0.29) is 43.8 Å². The number of hydrogen-bond donors (Lipinski definition) is 3. The van der Waals surface area contributed by atoms with E-state index in [9.17, 15) is 29.1 Å². The van der Waals surface area contributed by atoms with Gasteiger partial charge in [-0.15, -0.1) is 0 Å². The molecule has 0 aromatic heterocycles. The average Bonchev–Trinajstić information content (AvgIpc) is 3.23. The number of carbonyl (C=O) groups excluding carboxylic acids is 5. The Morgan fingerprint density at radius 2 is 1.65 bits per heavy atom. The molecule has 34 heavy (non-hydrogen) atoms. The van der Waals surface area contributed by atoms with Crippen molar-refractivity contribution in [1.29, 1.82) is 0 Å². The summed E-state index contributed by atoms with van der Waals surface area (Å²) in [6.45, 7) is 2.03. The number of imide groups is 2. The van der Waals surface area contributed by atoms with E-state index < -0.39 is 35.2 Å². The van der Waals surface area contributed by atoms with Crippen molar-refractivity contribution < 1.29 is 29.1 Å². The van der Waals surface area contributed by atoms with Crippen LogP contribution in [-0.2, 0) is 11.3 Å². The van der Waals surface area contributed by atoms with Crippen molar-refractivity contribution in [3.05, 3.63) is 64.2 Å². The summed E-state index contributed by atoms with van der Waals surface area (Å²) in [6.07, 6.45) is 0.510. The van der Waals surface area contributed by atoms with Crippen LogP contribution in [0.3, 0.4) is 0 Å². The van der Waals surface area contributed by atoms with Gasteiger partial charge in [0.2, 0.25) is 0 Å². The largest absolute Gasteiger partial charge is 0.507 e. The molecule has 2 fully saturated rings. The summed E-state index contributed by atoms with van der Waals surface area (Å²) >= 11 is 0. The molecule has 0 saturated carbocycles. The number of hydrogen-bond acceptors (Lipinski definition) is 6. The maximum Gasteiger partial charge on any atom is 0.322 e. The van der Waals surface area contributed by atoms with Gasteiger partial charge in [-0.25, -0.2) is 4.79 Å². The zero-order chi connectivity index (χ0) is 24.2. The Balaban J connectivity index is 1.36. The molecule has 5 rings (SSSR count). The smallest absolute Gasteiger partial charge is 0.322 e. The standard InChI is InChI=1S/C24H22N4O6/c1-13-10-14(12-28-20(31)15-4-2-3-5-16(15)21(28)32)11-17(18(13)29)19(30)27-8-6-24(7-9-27)22(33)25-23(34)26-24/h2-5,10-11,29H,6-9,12H2,1H3,(H2,25,26,33,34). The fourth-order valence-electron chi connectivity index (χ4n) is 4.82. The van der Waals surface area contributed by atoms with Crippen LogP contribution in [0.1, 0.15) is 55.0 Å². The average molecular weight is 462 g/mol. The Kier molecular flexibility index (Phi) is 4.89. The van der Waals surface area contributed by atoms with Crippen LogP contribution >= 0.6 is 0 Å². The number of phenols is 1. The predicted molar refractivity (Wildman–Crippen MR) is 118 cm³/mol. The van der Waals surface area contributed by atoms with Gasteiger partial charge in [0.15, 0.2) is 0 Å². The van der Waals surface area contributed by atoms with Crippen molar-refractivity contribution >= 4 is 29.7 Å². The van der Waals surface area contributed by atoms with E-state index in [0.29, 0.717) is 22.3 Å². The van der Waals surface area contributed by atoms with Gasteiger partial charge in [0.25, 0.3) is 23.6 Å². The van der Waals surface area contributed by atoms with Crippen molar-refractivity contribution in [2.75, 3.05) is 13.1 Å². The Bertz CT molecular complexity index is 1240. The van der Waals surface area contributed by atoms with Crippen LogP contribution in [0.5, 0.6) is 5.75 Å². The minimum atomic E-state index is -1.01. The fraction of sp³-hybridized carbons (Fsp3) is 0.292. The number of urea groups is 1. The molecule has 10 nitrogen and oxygen atoms in total. The lowest BCUT2D eigenvalue weighted by atomic mass is 9.87. The zero-order valence-electron chi connectivity index (χ0n) is 18.4. The number of benzene rings is 2. The summed E-state index contributed by atoms with van der Waals surface area (Å²) in [7, 11) is 0. The summed E-state index contributed by atoms with van der Waals surface area (Å²) in [4.78, 5) is 65.0. The first kappa shape index (κ1) is 21.6. The number of piperidine rings is 1. The fourth-order valence-corrected chi connectivity index (χ4v) is 4.82. The van der Waals surface area contributed by atoms with Gasteiger partial charge < -0.3 is 15.3 Å². The molecule has 3 aliphatic rings. The van der Waals surface area contributed by atoms with E-state index >= 15 is 0 Å². The predicted octanol–water partition coefficient (Wildman–Crippen LogP) is 1.31. The molecule has 2 saturated heterocycles. The quantitative estimate of drug-likeness (QED) is 0.465. The van der Waals surface area contributed by atoms with E-state index in [2.05, 4.69) is 10.6 Å². The number of likely N-dealkylation sites (tertiary alicyclic amines) is 1. The SMILES string of the molecule is Cc1cc(CN2C(=O)c3ccccc3C2=O)cc(C(=O)N2CCC3(CC2)NC(=O)NC3=O)c1O. The first-order valence-corrected chi connectivity index (χ1v) is 10.9. The van der Waals surface area contributed by atoms with Crippen molar-refractivity contribution in [3.8, 4) is 5.75 Å². The van der Waals surface area contributed by atoms with Gasteiger partial charge in [0.05, 0.1) is 23.2 Å². The second-order valence-electron chi connectivity index (χ2n) is 8.83. The molecule has 2 aromatic carbocycles. The van der Waals surface area contributed by atoms with E-state index in [1.54, 1.807) is 37.3 Å². The Hall–Kier alpha value is -4.21. The number of nitrogens with zero attached hydrogens (tertiary/aromatic N) is 2. The highest BCUT2D eigenvalue weighted by Gasteiger charge is 2.48. The molecule has 2 aromatic rings. The highest BCUT2D eigenvalue weighted by atomic mass is 16.3. The van der Waals surface area contributed by atoms with Crippen LogP contribution in [-0.4, -0.2) is 63.2 Å². The van der Waals surface area contributed by atoms with E-state index in [1.807, 2.05) is 0 Å². The highest BCUT2D eigenvalue weighted by molar-refractivity contribution is 6.21. The summed E-state index contributed by atoms with van der Waals surface area (Å²) in [6, 6.07) is 9.17. The molecule has 3 N–H and O–H groups in total. The lowest BCUT2D eigenvalue weighted by molar-refractivity contribution is -0.125. The van der Waals surface area contributed by atoms with Crippen LogP contribution in [0.25, 0.3) is 0 Å². The highest BCUT2D eigenvalue weighted by Crippen LogP contribution is 2.31. The molecule has 3 heterocycles. The number of aromatic hydroxyl groups is 1. The molecule has 0 aliphatic carbocycles. The lowest BCUT2D eigenvalue weighted by Gasteiger charge is -2.37. The van der Waals surface area contributed by atoms with Crippen LogP contribution < -0.4 is 10.6 Å². The molecular weight excluding hydrogens is 440 g/mol. The maximum absolute atomic E-state index is 13.2. The van der Waals surface area contributed by atoms with Crippen LogP contribution in [0.2, 0.25) is 0 Å². The number of carbonyl (C=O) groups is 5.